The second kappa shape index (κ2) is 6.65. The molecule has 0 aromatic heterocycles. The summed E-state index contributed by atoms with van der Waals surface area (Å²) in [6, 6.07) is 20.4. The maximum Gasteiger partial charge on any atom is 0.172 e. The van der Waals surface area contributed by atoms with E-state index in [1.807, 2.05) is 48.5 Å². The number of aliphatic hydroxyl groups is 1. The van der Waals surface area contributed by atoms with Gasteiger partial charge in [-0.2, -0.15) is 0 Å². The van der Waals surface area contributed by atoms with Crippen LogP contribution in [-0.2, 0) is 4.79 Å². The van der Waals surface area contributed by atoms with Gasteiger partial charge in [-0.1, -0.05) is 73.5 Å². The summed E-state index contributed by atoms with van der Waals surface area (Å²) in [5.74, 6) is -0.0972. The molecule has 0 heterocycles. The first kappa shape index (κ1) is 18.8. The molecule has 29 heavy (non-hydrogen) atoms. The first-order chi connectivity index (χ1) is 14.0. The van der Waals surface area contributed by atoms with E-state index in [0.29, 0.717) is 0 Å². The van der Waals surface area contributed by atoms with Crippen LogP contribution in [0, 0.1) is 11.8 Å². The van der Waals surface area contributed by atoms with Crippen molar-refractivity contribution in [3.63, 3.8) is 0 Å². The van der Waals surface area contributed by atoms with Crippen molar-refractivity contribution < 1.29 is 9.90 Å². The van der Waals surface area contributed by atoms with E-state index in [9.17, 15) is 9.90 Å². The predicted octanol–water partition coefficient (Wildman–Crippen LogP) is 4.42. The fourth-order valence-corrected chi connectivity index (χ4v) is 6.55. The van der Waals surface area contributed by atoms with Crippen LogP contribution in [0.3, 0.4) is 0 Å². The Labute approximate surface area is 173 Å². The normalized spacial score (nSPS) is 33.9. The monoisotopic (exact) mass is 387 g/mol. The van der Waals surface area contributed by atoms with Gasteiger partial charge in [0.1, 0.15) is 0 Å². The van der Waals surface area contributed by atoms with Crippen LogP contribution in [0.1, 0.15) is 43.2 Å². The lowest BCUT2D eigenvalue weighted by atomic mass is 9.71. The number of Topliss-reactive ketones (excluding diaryl/α,β-unsaturated/α-hetero) is 1. The summed E-state index contributed by atoms with van der Waals surface area (Å²) in [7, 11) is 4.16. The molecule has 0 saturated heterocycles. The molecule has 2 fully saturated rings. The molecule has 2 aromatic carbocycles. The second-order valence-corrected chi connectivity index (χ2v) is 9.24. The number of nitrogens with zero attached hydrogens (tertiary/aromatic N) is 1. The molecule has 4 atom stereocenters. The van der Waals surface area contributed by atoms with Crippen LogP contribution < -0.4 is 0 Å². The van der Waals surface area contributed by atoms with Crippen molar-refractivity contribution in [1.82, 2.24) is 4.90 Å². The summed E-state index contributed by atoms with van der Waals surface area (Å²) < 4.78 is 0. The molecule has 1 N–H and O–H groups in total. The standard InChI is InChI=1S/C26H29NO2/c1-27(2)25-17-20-15-9-10-16-26(20,29)24(25)23(28)21(18-11-5-3-6-12-18)22(25)19-13-7-4-8-14-19/h3-8,11-14,20,24,29H,9-10,15-17H2,1-2H3/t20-,24+,25+,26-/m0/s1. The third-order valence-corrected chi connectivity index (χ3v) is 7.74. The molecule has 3 aliphatic rings. The van der Waals surface area contributed by atoms with E-state index in [1.54, 1.807) is 0 Å². The smallest absolute Gasteiger partial charge is 0.172 e. The third kappa shape index (κ3) is 2.47. The molecular formula is C26H29NO2. The zero-order valence-electron chi connectivity index (χ0n) is 17.3. The zero-order valence-corrected chi connectivity index (χ0v) is 17.3. The fourth-order valence-electron chi connectivity index (χ4n) is 6.55. The summed E-state index contributed by atoms with van der Waals surface area (Å²) in [6.07, 6.45) is 4.73. The first-order valence-electron chi connectivity index (χ1n) is 10.8. The number of allylic oxidation sites excluding steroid dienone is 1. The first-order valence-corrected chi connectivity index (χ1v) is 10.8. The molecule has 0 radical (unpaired) electrons. The SMILES string of the molecule is CN(C)[C@@]12C[C@@H]3CCCC[C@@]3(O)[C@@H]1C(=O)C(c1ccccc1)=C2c1ccccc1. The average molecular weight is 388 g/mol. The van der Waals surface area contributed by atoms with Crippen LogP contribution in [0.4, 0.5) is 0 Å². The van der Waals surface area contributed by atoms with E-state index in [4.69, 9.17) is 0 Å². The second-order valence-electron chi connectivity index (χ2n) is 9.24. The largest absolute Gasteiger partial charge is 0.389 e. The summed E-state index contributed by atoms with van der Waals surface area (Å²) in [4.78, 5) is 16.3. The Kier molecular flexibility index (Phi) is 4.30. The molecule has 2 saturated carbocycles. The van der Waals surface area contributed by atoms with Crippen molar-refractivity contribution in [2.75, 3.05) is 14.1 Å². The van der Waals surface area contributed by atoms with Crippen LogP contribution >= 0.6 is 0 Å². The summed E-state index contributed by atoms with van der Waals surface area (Å²) in [5, 5.41) is 11.9. The van der Waals surface area contributed by atoms with E-state index in [-0.39, 0.29) is 11.7 Å². The number of carbonyl (C=O) groups is 1. The van der Waals surface area contributed by atoms with Crippen molar-refractivity contribution in [2.45, 2.75) is 43.2 Å². The molecule has 5 rings (SSSR count). The topological polar surface area (TPSA) is 40.5 Å². The van der Waals surface area contributed by atoms with Gasteiger partial charge in [0.05, 0.1) is 17.1 Å². The molecule has 150 valence electrons. The summed E-state index contributed by atoms with van der Waals surface area (Å²) >= 11 is 0. The van der Waals surface area contributed by atoms with Crippen LogP contribution in [0.15, 0.2) is 60.7 Å². The molecule has 0 amide bonds. The van der Waals surface area contributed by atoms with Gasteiger partial charge in [-0.3, -0.25) is 9.69 Å². The third-order valence-electron chi connectivity index (χ3n) is 7.74. The van der Waals surface area contributed by atoms with Gasteiger partial charge in [-0.25, -0.2) is 0 Å². The number of likely N-dealkylation sites (N-methyl/N-ethyl adjacent to an activating group) is 1. The molecule has 2 aromatic rings. The highest BCUT2D eigenvalue weighted by Gasteiger charge is 2.70. The van der Waals surface area contributed by atoms with E-state index in [0.717, 1.165) is 54.4 Å². The number of benzene rings is 2. The van der Waals surface area contributed by atoms with Gasteiger partial charge in [0.25, 0.3) is 0 Å². The highest BCUT2D eigenvalue weighted by Crippen LogP contribution is 2.65. The van der Waals surface area contributed by atoms with Crippen molar-refractivity contribution in [3.8, 4) is 0 Å². The number of carbonyl (C=O) groups excluding carboxylic acids is 1. The van der Waals surface area contributed by atoms with Gasteiger partial charge in [0, 0.05) is 5.57 Å². The minimum absolute atomic E-state index is 0.121. The highest BCUT2D eigenvalue weighted by atomic mass is 16.3. The van der Waals surface area contributed by atoms with Gasteiger partial charge < -0.3 is 5.11 Å². The Morgan fingerprint density at radius 1 is 0.931 bits per heavy atom. The van der Waals surface area contributed by atoms with Crippen LogP contribution in [0.25, 0.3) is 11.1 Å². The van der Waals surface area contributed by atoms with Crippen LogP contribution in [-0.4, -0.2) is 41.0 Å². The van der Waals surface area contributed by atoms with E-state index < -0.39 is 17.1 Å². The molecule has 3 aliphatic carbocycles. The lowest BCUT2D eigenvalue weighted by Gasteiger charge is -2.42. The van der Waals surface area contributed by atoms with Crippen LogP contribution in [0.5, 0.6) is 0 Å². The van der Waals surface area contributed by atoms with Crippen molar-refractivity contribution >= 4 is 16.9 Å². The molecular weight excluding hydrogens is 358 g/mol. The van der Waals surface area contributed by atoms with Crippen molar-refractivity contribution in [3.05, 3.63) is 71.8 Å². The molecule has 0 spiro atoms. The fraction of sp³-hybridized carbons (Fsp3) is 0.423. The molecule has 0 unspecified atom stereocenters. The van der Waals surface area contributed by atoms with Gasteiger partial charge in [0.2, 0.25) is 0 Å². The maximum atomic E-state index is 14.1. The number of fused-ring (bicyclic) bond motifs is 3. The molecule has 3 heteroatoms. The Balaban J connectivity index is 1.82. The minimum atomic E-state index is -0.907. The molecule has 3 nitrogen and oxygen atoms in total. The number of hydrogen-bond acceptors (Lipinski definition) is 3. The zero-order chi connectivity index (χ0) is 20.2. The van der Waals surface area contributed by atoms with E-state index in [1.165, 1.54) is 0 Å². The Morgan fingerprint density at radius 2 is 1.55 bits per heavy atom. The van der Waals surface area contributed by atoms with Crippen molar-refractivity contribution in [1.29, 1.82) is 0 Å². The molecule has 0 bridgehead atoms. The minimum Gasteiger partial charge on any atom is -0.389 e. The Hall–Kier alpha value is -2.23. The number of ketones is 1. The van der Waals surface area contributed by atoms with E-state index >= 15 is 0 Å². The Bertz CT molecular complexity index is 965. The predicted molar refractivity (Wildman–Crippen MR) is 116 cm³/mol. The van der Waals surface area contributed by atoms with Gasteiger partial charge in [-0.15, -0.1) is 0 Å². The van der Waals surface area contributed by atoms with Gasteiger partial charge in [0.15, 0.2) is 5.78 Å². The quantitative estimate of drug-likeness (QED) is 0.847. The summed E-state index contributed by atoms with van der Waals surface area (Å²) in [5.41, 5.74) is 2.59. The average Bonchev–Trinajstić information content (AvgIpc) is 3.17. The number of rotatable bonds is 3. The van der Waals surface area contributed by atoms with Gasteiger partial charge in [-0.05, 0) is 56.0 Å². The van der Waals surface area contributed by atoms with Crippen molar-refractivity contribution in [2.24, 2.45) is 11.8 Å². The summed E-state index contributed by atoms with van der Waals surface area (Å²) in [6.45, 7) is 0. The lowest BCUT2D eigenvalue weighted by Crippen LogP contribution is -2.53. The van der Waals surface area contributed by atoms with Gasteiger partial charge >= 0.3 is 0 Å². The lowest BCUT2D eigenvalue weighted by molar-refractivity contribution is -0.132. The molecule has 0 aliphatic heterocycles. The highest BCUT2D eigenvalue weighted by molar-refractivity contribution is 6.34. The van der Waals surface area contributed by atoms with Crippen LogP contribution in [0.2, 0.25) is 0 Å². The Morgan fingerprint density at radius 3 is 2.17 bits per heavy atom. The van der Waals surface area contributed by atoms with E-state index in [2.05, 4.69) is 31.1 Å². The maximum absolute atomic E-state index is 14.1. The number of hydrogen-bond donors (Lipinski definition) is 1.